The first-order valence-electron chi connectivity index (χ1n) is 5.64. The zero-order chi connectivity index (χ0) is 11.7. The van der Waals surface area contributed by atoms with Crippen LogP contribution in [0.4, 0.5) is 0 Å². The Morgan fingerprint density at radius 3 is 2.81 bits per heavy atom. The Balaban J connectivity index is 2.29. The number of aryl methyl sites for hydroxylation is 2. The molecule has 0 amide bonds. The largest absolute Gasteiger partial charge is 0.305 e. The maximum absolute atomic E-state index is 11.6. The number of carbonyl (C=O) groups is 1. The van der Waals surface area contributed by atoms with Crippen molar-refractivity contribution in [2.24, 2.45) is 0 Å². The summed E-state index contributed by atoms with van der Waals surface area (Å²) in [6.45, 7) is 5.89. The van der Waals surface area contributed by atoms with Gasteiger partial charge in [0.2, 0.25) is 0 Å². The minimum Gasteiger partial charge on any atom is -0.305 e. The molecule has 0 radical (unpaired) electrons. The number of hydrogen-bond acceptors (Lipinski definition) is 4. The Morgan fingerprint density at radius 2 is 2.12 bits per heavy atom. The Hall–Kier alpha value is -1.29. The lowest BCUT2D eigenvalue weighted by Gasteiger charge is -2.28. The molecule has 1 N–H and O–H groups in total. The van der Waals surface area contributed by atoms with Crippen LogP contribution in [0.25, 0.3) is 0 Å². The van der Waals surface area contributed by atoms with Crippen LogP contribution in [-0.4, -0.2) is 21.8 Å². The van der Waals surface area contributed by atoms with E-state index in [9.17, 15) is 4.79 Å². The number of nitrogens with zero attached hydrogens (tertiary/aromatic N) is 2. The quantitative estimate of drug-likeness (QED) is 0.777. The molecule has 4 nitrogen and oxygen atoms in total. The molecule has 1 fully saturated rings. The summed E-state index contributed by atoms with van der Waals surface area (Å²) in [6.07, 6.45) is 2.99. The highest BCUT2D eigenvalue weighted by Gasteiger charge is 2.26. The number of ketones is 1. The molecule has 0 aliphatic carbocycles. The van der Waals surface area contributed by atoms with Crippen LogP contribution in [0.15, 0.2) is 6.20 Å². The maximum Gasteiger partial charge on any atom is 0.136 e. The van der Waals surface area contributed by atoms with Crippen molar-refractivity contribution in [1.82, 2.24) is 15.3 Å². The summed E-state index contributed by atoms with van der Waals surface area (Å²) >= 11 is 0. The van der Waals surface area contributed by atoms with Crippen LogP contribution in [0.1, 0.15) is 42.9 Å². The monoisotopic (exact) mass is 219 g/mol. The number of Topliss-reactive ketones (excluding diaryl/α,β-unsaturated/α-hetero) is 1. The molecule has 1 saturated heterocycles. The average molecular weight is 219 g/mol. The normalized spacial score (nSPS) is 25.8. The molecule has 2 atom stereocenters. The van der Waals surface area contributed by atoms with Crippen molar-refractivity contribution < 1.29 is 4.79 Å². The predicted molar refractivity (Wildman–Crippen MR) is 61.1 cm³/mol. The molecule has 0 saturated carbocycles. The van der Waals surface area contributed by atoms with Gasteiger partial charge in [-0.25, -0.2) is 9.97 Å². The van der Waals surface area contributed by atoms with Gasteiger partial charge in [-0.3, -0.25) is 4.79 Å². The van der Waals surface area contributed by atoms with Gasteiger partial charge in [0.05, 0.1) is 11.7 Å². The van der Waals surface area contributed by atoms with Gasteiger partial charge in [-0.15, -0.1) is 0 Å². The van der Waals surface area contributed by atoms with E-state index in [0.29, 0.717) is 18.6 Å². The molecular formula is C12H17N3O. The van der Waals surface area contributed by atoms with Crippen LogP contribution < -0.4 is 5.32 Å². The lowest BCUT2D eigenvalue weighted by Crippen LogP contribution is -2.39. The van der Waals surface area contributed by atoms with E-state index in [-0.39, 0.29) is 12.1 Å². The molecule has 16 heavy (non-hydrogen) atoms. The van der Waals surface area contributed by atoms with E-state index in [4.69, 9.17) is 0 Å². The first kappa shape index (κ1) is 11.2. The van der Waals surface area contributed by atoms with Gasteiger partial charge in [-0.05, 0) is 26.3 Å². The topological polar surface area (TPSA) is 54.9 Å². The molecule has 1 aliphatic heterocycles. The van der Waals surface area contributed by atoms with E-state index >= 15 is 0 Å². The number of rotatable bonds is 1. The van der Waals surface area contributed by atoms with Gasteiger partial charge in [-0.2, -0.15) is 0 Å². The molecule has 0 aromatic carbocycles. The van der Waals surface area contributed by atoms with Crippen LogP contribution in [0.5, 0.6) is 0 Å². The molecular weight excluding hydrogens is 202 g/mol. The third-order valence-electron chi connectivity index (χ3n) is 2.91. The molecule has 2 unspecified atom stereocenters. The highest BCUT2D eigenvalue weighted by atomic mass is 16.1. The lowest BCUT2D eigenvalue weighted by atomic mass is 9.94. The smallest absolute Gasteiger partial charge is 0.136 e. The lowest BCUT2D eigenvalue weighted by molar-refractivity contribution is -0.121. The van der Waals surface area contributed by atoms with Gasteiger partial charge in [0.15, 0.2) is 0 Å². The molecule has 4 heteroatoms. The minimum atomic E-state index is 0.0537. The second-order valence-electron chi connectivity index (χ2n) is 4.55. The fourth-order valence-corrected chi connectivity index (χ4v) is 2.19. The summed E-state index contributed by atoms with van der Waals surface area (Å²) in [6, 6.07) is 0.291. The standard InChI is InChI=1S/C12H17N3O/c1-7-6-13-9(3)15-12(7)11-5-10(16)4-8(2)14-11/h6,8,11,14H,4-5H2,1-3H3. The van der Waals surface area contributed by atoms with Crippen LogP contribution in [0.2, 0.25) is 0 Å². The second-order valence-corrected chi connectivity index (χ2v) is 4.55. The van der Waals surface area contributed by atoms with Crippen molar-refractivity contribution >= 4 is 5.78 Å². The van der Waals surface area contributed by atoms with Crippen LogP contribution in [0.3, 0.4) is 0 Å². The van der Waals surface area contributed by atoms with E-state index in [0.717, 1.165) is 17.1 Å². The summed E-state index contributed by atoms with van der Waals surface area (Å²) in [5.74, 6) is 1.07. The van der Waals surface area contributed by atoms with Crippen LogP contribution in [0, 0.1) is 13.8 Å². The number of hydrogen-bond donors (Lipinski definition) is 1. The maximum atomic E-state index is 11.6. The Labute approximate surface area is 95.5 Å². The molecule has 0 spiro atoms. The van der Waals surface area contributed by atoms with Crippen molar-refractivity contribution in [3.05, 3.63) is 23.3 Å². The van der Waals surface area contributed by atoms with Crippen LogP contribution in [-0.2, 0) is 4.79 Å². The van der Waals surface area contributed by atoms with E-state index in [2.05, 4.69) is 15.3 Å². The summed E-state index contributed by atoms with van der Waals surface area (Å²) in [7, 11) is 0. The van der Waals surface area contributed by atoms with Crippen molar-refractivity contribution in [2.45, 2.75) is 45.7 Å². The number of carbonyl (C=O) groups excluding carboxylic acids is 1. The van der Waals surface area contributed by atoms with Gasteiger partial charge in [0, 0.05) is 25.1 Å². The second kappa shape index (κ2) is 4.29. The summed E-state index contributed by atoms with van der Waals surface area (Å²) in [5.41, 5.74) is 2.01. The average Bonchev–Trinajstić information content (AvgIpc) is 2.20. The van der Waals surface area contributed by atoms with E-state index in [1.807, 2.05) is 27.0 Å². The zero-order valence-corrected chi connectivity index (χ0v) is 9.95. The molecule has 0 bridgehead atoms. The van der Waals surface area contributed by atoms with Crippen LogP contribution >= 0.6 is 0 Å². The van der Waals surface area contributed by atoms with E-state index in [1.54, 1.807) is 0 Å². The van der Waals surface area contributed by atoms with Gasteiger partial charge in [0.25, 0.3) is 0 Å². The van der Waals surface area contributed by atoms with Crippen molar-refractivity contribution in [3.63, 3.8) is 0 Å². The Bertz CT molecular complexity index is 417. The SMILES string of the molecule is Cc1ncc(C)c(C2CC(=O)CC(C)N2)n1. The predicted octanol–water partition coefficient (Wildman–Crippen LogP) is 1.48. The zero-order valence-electron chi connectivity index (χ0n) is 9.95. The first-order chi connectivity index (χ1) is 7.56. The number of piperidine rings is 1. The fraction of sp³-hybridized carbons (Fsp3) is 0.583. The summed E-state index contributed by atoms with van der Waals surface area (Å²) in [5, 5.41) is 3.42. The van der Waals surface area contributed by atoms with Crippen molar-refractivity contribution in [1.29, 1.82) is 0 Å². The van der Waals surface area contributed by atoms with Crippen molar-refractivity contribution in [3.8, 4) is 0 Å². The first-order valence-corrected chi connectivity index (χ1v) is 5.64. The molecule has 86 valence electrons. The number of aromatic nitrogens is 2. The van der Waals surface area contributed by atoms with Gasteiger partial charge in [-0.1, -0.05) is 0 Å². The number of nitrogens with one attached hydrogen (secondary N) is 1. The fourth-order valence-electron chi connectivity index (χ4n) is 2.19. The summed E-state index contributed by atoms with van der Waals surface area (Å²) < 4.78 is 0. The molecule has 2 rings (SSSR count). The van der Waals surface area contributed by atoms with Gasteiger partial charge in [0.1, 0.15) is 11.6 Å². The highest BCUT2D eigenvalue weighted by molar-refractivity contribution is 5.80. The highest BCUT2D eigenvalue weighted by Crippen LogP contribution is 2.24. The van der Waals surface area contributed by atoms with Crippen molar-refractivity contribution in [2.75, 3.05) is 0 Å². The molecule has 1 aromatic rings. The van der Waals surface area contributed by atoms with E-state index < -0.39 is 0 Å². The molecule has 2 heterocycles. The third-order valence-corrected chi connectivity index (χ3v) is 2.91. The van der Waals surface area contributed by atoms with Gasteiger partial charge >= 0.3 is 0 Å². The third kappa shape index (κ3) is 2.27. The summed E-state index contributed by atoms with van der Waals surface area (Å²) in [4.78, 5) is 20.2. The molecule has 1 aliphatic rings. The minimum absolute atomic E-state index is 0.0537. The van der Waals surface area contributed by atoms with Gasteiger partial charge < -0.3 is 5.32 Å². The Kier molecular flexibility index (Phi) is 3.01. The molecule has 1 aromatic heterocycles. The Morgan fingerprint density at radius 1 is 1.38 bits per heavy atom. The van der Waals surface area contributed by atoms with E-state index in [1.165, 1.54) is 0 Å².